The van der Waals surface area contributed by atoms with Gasteiger partial charge in [0.25, 0.3) is 5.91 Å². The highest BCUT2D eigenvalue weighted by Gasteiger charge is 2.39. The maximum Gasteiger partial charge on any atom is 0.411 e. The summed E-state index contributed by atoms with van der Waals surface area (Å²) in [6.07, 6.45) is 14.5. The number of nitrogens with one attached hydrogen (secondary N) is 2. The van der Waals surface area contributed by atoms with Crippen LogP contribution < -0.4 is 10.7 Å². The average Bonchev–Trinajstić information content (AvgIpc) is 4.39. The van der Waals surface area contributed by atoms with Gasteiger partial charge in [0, 0.05) is 103 Å². The van der Waals surface area contributed by atoms with E-state index in [9.17, 15) is 42.3 Å². The van der Waals surface area contributed by atoms with E-state index >= 15 is 0 Å². The fourth-order valence-corrected chi connectivity index (χ4v) is 12.0. The van der Waals surface area contributed by atoms with Gasteiger partial charge in [0.05, 0.1) is 12.1 Å². The Labute approximate surface area is 495 Å². The van der Waals surface area contributed by atoms with Crippen molar-refractivity contribution in [2.45, 2.75) is 141 Å². The number of benzene rings is 2. The molecule has 0 bridgehead atoms. The number of hydrazone groups is 1. The number of hydrogen-bond donors (Lipinski definition) is 3. The summed E-state index contributed by atoms with van der Waals surface area (Å²) in [6, 6.07) is 9.42. The fraction of sp³-hybridized carbons (Fsp3) is 0.656. The lowest BCUT2D eigenvalue weighted by Gasteiger charge is -2.41. The molecule has 0 spiro atoms. The molecular formula is C61H90F2N10O9S. The third-order valence-electron chi connectivity index (χ3n) is 16.8. The van der Waals surface area contributed by atoms with E-state index in [1.165, 1.54) is 18.6 Å². The number of thiol groups is 1. The number of piperidine rings is 2. The molecule has 2 aromatic rings. The van der Waals surface area contributed by atoms with Crippen LogP contribution in [0.1, 0.15) is 137 Å². The average molecular weight is 1180 g/mol. The number of amides is 7. The SMILES string of the molecule is C=O.CS.Cc1cc(C2CCCN(C(=O)CN(C(=O)OC(C)(C)C)C3CC3)C2)ccc1F.O=CNC(C(=O)N1CCN(CC2CCN(CC(=O)N3CCN(C(=O)c4cc(CC5=NNC(=O)CC5)ccc4F)CC3)CC2)CC1)C1CCCCC1. The number of ether oxygens (including phenoxy) is 1. The molecule has 5 aliphatic heterocycles. The second-order valence-electron chi connectivity index (χ2n) is 23.9. The molecule has 4 saturated heterocycles. The maximum atomic E-state index is 14.7. The van der Waals surface area contributed by atoms with E-state index in [4.69, 9.17) is 9.53 Å². The molecule has 5 heterocycles. The summed E-state index contributed by atoms with van der Waals surface area (Å²) in [5.41, 5.74) is 5.15. The van der Waals surface area contributed by atoms with Crippen molar-refractivity contribution in [1.29, 1.82) is 0 Å². The Balaban J connectivity index is 0.000000292. The Kier molecular flexibility index (Phi) is 25.8. The Morgan fingerprint density at radius 1 is 0.771 bits per heavy atom. The lowest BCUT2D eigenvalue weighted by Crippen LogP contribution is -2.56. The first kappa shape index (κ1) is 66.1. The molecule has 2 unspecified atom stereocenters. The number of carbonyl (C=O) groups is 8. The highest BCUT2D eigenvalue weighted by Crippen LogP contribution is 2.32. The monoisotopic (exact) mass is 1180 g/mol. The van der Waals surface area contributed by atoms with Crippen LogP contribution >= 0.6 is 12.6 Å². The van der Waals surface area contributed by atoms with Gasteiger partial charge in [-0.1, -0.05) is 37.5 Å². The molecule has 7 amide bonds. The molecule has 2 saturated carbocycles. The summed E-state index contributed by atoms with van der Waals surface area (Å²) in [7, 11) is 0. The topological polar surface area (TPSA) is 205 Å². The smallest absolute Gasteiger partial charge is 0.411 e. The fourth-order valence-electron chi connectivity index (χ4n) is 12.0. The second-order valence-corrected chi connectivity index (χ2v) is 23.9. The minimum atomic E-state index is -0.579. The summed E-state index contributed by atoms with van der Waals surface area (Å²) < 4.78 is 33.8. The van der Waals surface area contributed by atoms with Crippen LogP contribution in [0.3, 0.4) is 0 Å². The second kappa shape index (κ2) is 32.3. The van der Waals surface area contributed by atoms with Crippen LogP contribution in [0.25, 0.3) is 0 Å². The zero-order valence-corrected chi connectivity index (χ0v) is 50.5. The van der Waals surface area contributed by atoms with Crippen LogP contribution in [-0.2, 0) is 39.9 Å². The van der Waals surface area contributed by atoms with Crippen LogP contribution in [0.4, 0.5) is 13.6 Å². The molecule has 2 atom stereocenters. The van der Waals surface area contributed by atoms with Crippen LogP contribution in [0, 0.1) is 30.4 Å². The molecule has 2 N–H and O–H groups in total. The van der Waals surface area contributed by atoms with Crippen molar-refractivity contribution in [2.24, 2.45) is 16.9 Å². The molecule has 19 nitrogen and oxygen atoms in total. The number of aryl methyl sites for hydroxylation is 1. The minimum Gasteiger partial charge on any atom is -0.444 e. The number of rotatable bonds is 15. The van der Waals surface area contributed by atoms with E-state index < -0.39 is 23.6 Å². The Morgan fingerprint density at radius 2 is 1.42 bits per heavy atom. The maximum absolute atomic E-state index is 14.7. The number of hydrogen-bond acceptors (Lipinski definition) is 13. The Morgan fingerprint density at radius 3 is 2.04 bits per heavy atom. The highest BCUT2D eigenvalue weighted by molar-refractivity contribution is 7.79. The summed E-state index contributed by atoms with van der Waals surface area (Å²) in [6.45, 7) is 18.3. The summed E-state index contributed by atoms with van der Waals surface area (Å²) >= 11 is 3.53. The van der Waals surface area contributed by atoms with E-state index in [0.29, 0.717) is 96.1 Å². The van der Waals surface area contributed by atoms with Gasteiger partial charge in [-0.3, -0.25) is 43.5 Å². The predicted molar refractivity (Wildman–Crippen MR) is 317 cm³/mol. The Bertz CT molecular complexity index is 2540. The number of carbonyl (C=O) groups excluding carboxylic acids is 8. The number of likely N-dealkylation sites (tertiary alicyclic amines) is 2. The van der Waals surface area contributed by atoms with E-state index in [2.05, 4.69) is 38.3 Å². The van der Waals surface area contributed by atoms with Gasteiger partial charge in [-0.2, -0.15) is 17.7 Å². The molecule has 0 radical (unpaired) electrons. The predicted octanol–water partition coefficient (Wildman–Crippen LogP) is 6.07. The largest absolute Gasteiger partial charge is 0.444 e. The molecule has 458 valence electrons. The van der Waals surface area contributed by atoms with E-state index in [1.807, 2.05) is 54.4 Å². The summed E-state index contributed by atoms with van der Waals surface area (Å²) in [5, 5.41) is 6.91. The molecule has 2 aromatic carbocycles. The zero-order valence-electron chi connectivity index (χ0n) is 49.6. The van der Waals surface area contributed by atoms with Gasteiger partial charge in [0.2, 0.25) is 30.0 Å². The molecular weight excluding hydrogens is 1090 g/mol. The third-order valence-corrected chi connectivity index (χ3v) is 16.8. The number of nitrogens with zero attached hydrogens (tertiary/aromatic N) is 8. The summed E-state index contributed by atoms with van der Waals surface area (Å²) in [4.78, 5) is 109. The molecule has 83 heavy (non-hydrogen) atoms. The molecule has 9 rings (SSSR count). The quantitative estimate of drug-likeness (QED) is 0.138. The number of halogens is 2. The first-order valence-corrected chi connectivity index (χ1v) is 30.7. The van der Waals surface area contributed by atoms with Gasteiger partial charge in [0.1, 0.15) is 36.6 Å². The Hall–Kier alpha value is -6.00. The van der Waals surface area contributed by atoms with Crippen molar-refractivity contribution in [3.63, 3.8) is 0 Å². The highest BCUT2D eigenvalue weighted by atomic mass is 32.1. The van der Waals surface area contributed by atoms with E-state index in [-0.39, 0.29) is 65.3 Å². The molecule has 6 fully saturated rings. The van der Waals surface area contributed by atoms with Crippen LogP contribution in [0.5, 0.6) is 0 Å². The summed E-state index contributed by atoms with van der Waals surface area (Å²) in [5.74, 6) is -0.207. The van der Waals surface area contributed by atoms with Crippen LogP contribution in [-0.4, -0.2) is 211 Å². The normalized spacial score (nSPS) is 20.6. The van der Waals surface area contributed by atoms with Gasteiger partial charge in [-0.15, -0.1) is 0 Å². The van der Waals surface area contributed by atoms with Gasteiger partial charge in [-0.05, 0) is 152 Å². The van der Waals surface area contributed by atoms with Gasteiger partial charge in [-0.25, -0.2) is 19.0 Å². The van der Waals surface area contributed by atoms with Crippen molar-refractivity contribution in [2.75, 3.05) is 104 Å². The van der Waals surface area contributed by atoms with E-state index in [1.54, 1.807) is 35.1 Å². The van der Waals surface area contributed by atoms with Crippen molar-refractivity contribution >= 4 is 67.2 Å². The lowest BCUT2D eigenvalue weighted by atomic mass is 9.83. The standard InChI is InChI=1S/C37H53FN8O5.C22H31FN2O3.CH2O.CH4S/c38-32-8-6-28(22-30-7-9-33(48)41-40-30)23-31(32)36(50)45-20-18-44(19-21-45)34(49)25-42-12-10-27(11-13-42)24-43-14-16-46(17-15-43)37(51)35(39-26-47)29-4-2-1-3-5-29;1-15-12-16(7-10-19(15)23)17-6-5-11-24(13-17)20(26)14-25(18-8-9-18)21(27)28-22(2,3)4;2*1-2/h6,8,23,26-27,29,35H,1-5,7,9-22,24-25H2,(H,39,47)(H,41,48);7,10,12,17-18H,5-6,8-9,11,13-14H2,1-4H3;1H2;2H,1H3. The minimum absolute atomic E-state index is 0.0150. The molecule has 2 aliphatic carbocycles. The molecule has 7 aliphatic rings. The van der Waals surface area contributed by atoms with Gasteiger partial charge < -0.3 is 34.4 Å². The van der Waals surface area contributed by atoms with E-state index in [0.717, 1.165) is 114 Å². The lowest BCUT2D eigenvalue weighted by molar-refractivity contribution is -0.138. The third kappa shape index (κ3) is 19.8. The zero-order chi connectivity index (χ0) is 60.2. The van der Waals surface area contributed by atoms with Crippen molar-refractivity contribution < 1.29 is 51.9 Å². The van der Waals surface area contributed by atoms with Crippen molar-refractivity contribution in [1.82, 2.24) is 45.0 Å². The number of piperazine rings is 2. The van der Waals surface area contributed by atoms with Crippen LogP contribution in [0.15, 0.2) is 41.5 Å². The molecule has 22 heteroatoms. The molecule has 0 aromatic heterocycles. The van der Waals surface area contributed by atoms with Gasteiger partial charge in [0.15, 0.2) is 0 Å². The van der Waals surface area contributed by atoms with Gasteiger partial charge >= 0.3 is 6.09 Å². The first-order chi connectivity index (χ1) is 39.9. The van der Waals surface area contributed by atoms with Crippen molar-refractivity contribution in [3.8, 4) is 0 Å². The van der Waals surface area contributed by atoms with Crippen molar-refractivity contribution in [3.05, 3.63) is 70.3 Å². The first-order valence-electron chi connectivity index (χ1n) is 29.8. The van der Waals surface area contributed by atoms with Crippen LogP contribution in [0.2, 0.25) is 0 Å².